The molecular weight excluding hydrogens is 210 g/mol. The van der Waals surface area contributed by atoms with Crippen molar-refractivity contribution in [2.75, 3.05) is 12.0 Å². The summed E-state index contributed by atoms with van der Waals surface area (Å²) in [7, 11) is 0. The molecule has 0 aliphatic carbocycles. The monoisotopic (exact) mass is 223 g/mol. The topological polar surface area (TPSA) is 81.0 Å². The molecule has 3 N–H and O–H groups in total. The molecule has 0 spiro atoms. The molecule has 0 fully saturated rings. The molecule has 0 saturated carbocycles. The van der Waals surface area contributed by atoms with Gasteiger partial charge >= 0.3 is 43.7 Å². The second-order valence-corrected chi connectivity index (χ2v) is 2.94. The maximum absolute atomic E-state index is 10.3. The number of aliphatic carboxylic acids is 1. The summed E-state index contributed by atoms with van der Waals surface area (Å²) in [5.41, 5.74) is 0. The van der Waals surface area contributed by atoms with E-state index in [1.165, 1.54) is 11.8 Å². The molecule has 0 aromatic carbocycles. The molecule has 0 radical (unpaired) electrons. The fourth-order valence-electron chi connectivity index (χ4n) is 0.567. The first kappa shape index (κ1) is 15.4. The van der Waals surface area contributed by atoms with Gasteiger partial charge in [0.05, 0.1) is 0 Å². The standard InChI is InChI=1S/C5H11NO4S.Ca.2H/c1-11-3-2-4(5(7)8)6(9)10;;;/h4,9-10H,2-3H2,1H3,(H,7,8);;;/q;+2;2*-1. The number of carboxylic acid groups (broad SMARTS) is 1. The molecule has 0 amide bonds. The van der Waals surface area contributed by atoms with E-state index in [1.807, 2.05) is 6.26 Å². The number of carbonyl (C=O) groups is 1. The summed E-state index contributed by atoms with van der Waals surface area (Å²) in [5, 5.41) is 24.9. The van der Waals surface area contributed by atoms with Crippen LogP contribution in [0.15, 0.2) is 0 Å². The van der Waals surface area contributed by atoms with Crippen molar-refractivity contribution < 1.29 is 23.2 Å². The minimum Gasteiger partial charge on any atom is -1.00 e. The van der Waals surface area contributed by atoms with Gasteiger partial charge in [-0.2, -0.15) is 11.8 Å². The third kappa shape index (κ3) is 6.47. The van der Waals surface area contributed by atoms with Crippen LogP contribution < -0.4 is 0 Å². The molecule has 1 atom stereocenters. The number of thioether (sulfide) groups is 1. The molecule has 7 heteroatoms. The molecule has 5 nitrogen and oxygen atoms in total. The van der Waals surface area contributed by atoms with Gasteiger partial charge in [-0.3, -0.25) is 15.2 Å². The molecule has 0 saturated heterocycles. The van der Waals surface area contributed by atoms with Crippen LogP contribution in [0.3, 0.4) is 0 Å². The summed E-state index contributed by atoms with van der Waals surface area (Å²) in [5.74, 6) is -0.654. The quantitative estimate of drug-likeness (QED) is 0.453. The number of hydrogen-bond donors (Lipinski definition) is 3. The van der Waals surface area contributed by atoms with Crippen LogP contribution in [-0.2, 0) is 4.79 Å². The Balaban J connectivity index is -0.000000167. The molecule has 0 aromatic rings. The van der Waals surface area contributed by atoms with Crippen molar-refractivity contribution >= 4 is 55.5 Å². The molecule has 0 aromatic heterocycles. The van der Waals surface area contributed by atoms with Gasteiger partial charge in [0.25, 0.3) is 0 Å². The van der Waals surface area contributed by atoms with Crippen LogP contribution >= 0.6 is 11.8 Å². The van der Waals surface area contributed by atoms with E-state index in [9.17, 15) is 4.79 Å². The molecule has 0 rings (SSSR count). The Bertz CT molecular complexity index is 143. The molecule has 0 heterocycles. The van der Waals surface area contributed by atoms with Gasteiger partial charge in [-0.1, -0.05) is 5.23 Å². The van der Waals surface area contributed by atoms with Gasteiger partial charge in [-0.25, -0.2) is 0 Å². The molecule has 0 bridgehead atoms. The average Bonchev–Trinajstić information content (AvgIpc) is 1.87. The SMILES string of the molecule is CSCCC(C(=O)O)N(O)O.[Ca+2].[H-].[H-]. The van der Waals surface area contributed by atoms with Crippen molar-refractivity contribution in [1.82, 2.24) is 5.23 Å². The Morgan fingerprint density at radius 2 is 2.17 bits per heavy atom. The minimum absolute atomic E-state index is 0. The Morgan fingerprint density at radius 1 is 1.67 bits per heavy atom. The van der Waals surface area contributed by atoms with Gasteiger partial charge in [0.1, 0.15) is 0 Å². The largest absolute Gasteiger partial charge is 2.00 e. The summed E-state index contributed by atoms with van der Waals surface area (Å²) in [6, 6.07) is -1.22. The Hall–Kier alpha value is 0.960. The number of hydrogen-bond acceptors (Lipinski definition) is 5. The van der Waals surface area contributed by atoms with Crippen molar-refractivity contribution in [3.05, 3.63) is 0 Å². The first-order chi connectivity index (χ1) is 5.09. The van der Waals surface area contributed by atoms with Gasteiger partial charge < -0.3 is 7.96 Å². The van der Waals surface area contributed by atoms with Gasteiger partial charge in [0.15, 0.2) is 6.04 Å². The summed E-state index contributed by atoms with van der Waals surface area (Å²) in [4.78, 5) is 10.3. The average molecular weight is 223 g/mol. The zero-order valence-corrected chi connectivity index (χ0v) is 9.83. The maximum Gasteiger partial charge on any atom is 2.00 e. The third-order valence-electron chi connectivity index (χ3n) is 1.16. The number of hydroxylamine groups is 2. The van der Waals surface area contributed by atoms with Gasteiger partial charge in [-0.05, 0) is 18.4 Å². The molecular formula is C5H13CaNO4S. The molecule has 0 aliphatic heterocycles. The van der Waals surface area contributed by atoms with Gasteiger partial charge in [0.2, 0.25) is 0 Å². The van der Waals surface area contributed by atoms with Gasteiger partial charge in [0, 0.05) is 0 Å². The molecule has 70 valence electrons. The van der Waals surface area contributed by atoms with E-state index in [1.54, 1.807) is 0 Å². The van der Waals surface area contributed by atoms with Crippen molar-refractivity contribution in [1.29, 1.82) is 0 Å². The smallest absolute Gasteiger partial charge is 1.00 e. The first-order valence-corrected chi connectivity index (χ1v) is 4.37. The first-order valence-electron chi connectivity index (χ1n) is 2.98. The van der Waals surface area contributed by atoms with Crippen molar-refractivity contribution in [3.63, 3.8) is 0 Å². The minimum atomic E-state index is -1.23. The Kier molecular flexibility index (Phi) is 11.0. The molecule has 0 aliphatic rings. The second-order valence-electron chi connectivity index (χ2n) is 1.96. The Labute approximate surface area is 108 Å². The summed E-state index contributed by atoms with van der Waals surface area (Å²) >= 11 is 1.45. The van der Waals surface area contributed by atoms with E-state index >= 15 is 0 Å². The maximum atomic E-state index is 10.3. The van der Waals surface area contributed by atoms with Crippen molar-refractivity contribution in [3.8, 4) is 0 Å². The zero-order valence-electron chi connectivity index (χ0n) is 8.80. The van der Waals surface area contributed by atoms with Crippen LogP contribution in [0.2, 0.25) is 0 Å². The zero-order chi connectivity index (χ0) is 8.85. The van der Waals surface area contributed by atoms with Crippen molar-refractivity contribution in [2.45, 2.75) is 12.5 Å². The van der Waals surface area contributed by atoms with E-state index in [2.05, 4.69) is 0 Å². The van der Waals surface area contributed by atoms with Gasteiger partial charge in [-0.15, -0.1) is 0 Å². The predicted molar refractivity (Wildman–Crippen MR) is 47.8 cm³/mol. The number of carboxylic acids is 1. The molecule has 1 unspecified atom stereocenters. The van der Waals surface area contributed by atoms with E-state index in [0.717, 1.165) is 0 Å². The normalized spacial score (nSPS) is 12.3. The predicted octanol–water partition coefficient (Wildman–Crippen LogP) is 0.117. The van der Waals surface area contributed by atoms with E-state index < -0.39 is 12.0 Å². The summed E-state index contributed by atoms with van der Waals surface area (Å²) in [6.07, 6.45) is 2.03. The Morgan fingerprint density at radius 3 is 2.42 bits per heavy atom. The number of rotatable bonds is 5. The third-order valence-corrected chi connectivity index (χ3v) is 1.80. The fraction of sp³-hybridized carbons (Fsp3) is 0.800. The van der Waals surface area contributed by atoms with Crippen LogP contribution in [-0.4, -0.2) is 82.5 Å². The number of nitrogens with zero attached hydrogens (tertiary/aromatic N) is 1. The van der Waals surface area contributed by atoms with E-state index in [-0.39, 0.29) is 52.2 Å². The van der Waals surface area contributed by atoms with E-state index in [4.69, 9.17) is 15.5 Å². The van der Waals surface area contributed by atoms with Crippen LogP contribution in [0.5, 0.6) is 0 Å². The van der Waals surface area contributed by atoms with E-state index in [0.29, 0.717) is 5.75 Å². The summed E-state index contributed by atoms with van der Waals surface area (Å²) in [6.45, 7) is 0. The van der Waals surface area contributed by atoms with Crippen LogP contribution in [0.1, 0.15) is 9.27 Å². The second kappa shape index (κ2) is 8.55. The van der Waals surface area contributed by atoms with Crippen LogP contribution in [0.4, 0.5) is 0 Å². The fourth-order valence-corrected chi connectivity index (χ4v) is 1.03. The van der Waals surface area contributed by atoms with Crippen LogP contribution in [0.25, 0.3) is 0 Å². The van der Waals surface area contributed by atoms with Crippen molar-refractivity contribution in [2.24, 2.45) is 0 Å². The van der Waals surface area contributed by atoms with Crippen LogP contribution in [0, 0.1) is 0 Å². The molecule has 12 heavy (non-hydrogen) atoms. The summed E-state index contributed by atoms with van der Waals surface area (Å²) < 4.78 is 0.